The van der Waals surface area contributed by atoms with Crippen molar-refractivity contribution in [3.8, 4) is 5.69 Å². The third-order valence-electron chi connectivity index (χ3n) is 3.79. The van der Waals surface area contributed by atoms with E-state index in [1.54, 1.807) is 6.20 Å². The molecule has 0 aliphatic heterocycles. The number of aromatic nitrogens is 3. The molecule has 0 spiro atoms. The van der Waals surface area contributed by atoms with Gasteiger partial charge in [-0.25, -0.2) is 4.98 Å². The summed E-state index contributed by atoms with van der Waals surface area (Å²) in [6, 6.07) is 13.0. The molecule has 1 N–H and O–H groups in total. The van der Waals surface area contributed by atoms with E-state index in [1.807, 2.05) is 17.1 Å². The van der Waals surface area contributed by atoms with Crippen molar-refractivity contribution in [1.29, 1.82) is 0 Å². The zero-order valence-electron chi connectivity index (χ0n) is 12.6. The lowest BCUT2D eigenvalue weighted by atomic mass is 10.1. The molecule has 21 heavy (non-hydrogen) atoms. The molecule has 0 bridgehead atoms. The first kappa shape index (κ1) is 13.5. The van der Waals surface area contributed by atoms with Gasteiger partial charge in [0, 0.05) is 29.5 Å². The van der Waals surface area contributed by atoms with Crippen molar-refractivity contribution >= 4 is 0 Å². The Morgan fingerprint density at radius 1 is 1.00 bits per heavy atom. The van der Waals surface area contributed by atoms with Gasteiger partial charge in [-0.05, 0) is 50.6 Å². The summed E-state index contributed by atoms with van der Waals surface area (Å²) in [5.41, 5.74) is 8.34. The van der Waals surface area contributed by atoms with Gasteiger partial charge >= 0.3 is 0 Å². The highest BCUT2D eigenvalue weighted by molar-refractivity contribution is 5.36. The molecule has 4 nitrogen and oxygen atoms in total. The molecule has 0 saturated carbocycles. The van der Waals surface area contributed by atoms with Crippen LogP contribution >= 0.6 is 0 Å². The Labute approximate surface area is 125 Å². The molecule has 0 amide bonds. The Hall–Kier alpha value is -2.49. The third kappa shape index (κ3) is 2.70. The third-order valence-corrected chi connectivity index (χ3v) is 3.79. The maximum Gasteiger partial charge on any atom is 0.0991 e. The zero-order chi connectivity index (χ0) is 14.8. The largest absolute Gasteiger partial charge is 0.319 e. The van der Waals surface area contributed by atoms with Gasteiger partial charge in [0.15, 0.2) is 0 Å². The first-order valence-corrected chi connectivity index (χ1v) is 7.15. The van der Waals surface area contributed by atoms with Crippen molar-refractivity contribution in [2.24, 2.45) is 0 Å². The second-order valence-electron chi connectivity index (χ2n) is 5.36. The Morgan fingerprint density at radius 2 is 1.67 bits per heavy atom. The average Bonchev–Trinajstić information content (AvgIpc) is 3.13. The SMILES string of the molecule is Cc1ccc(C)n1NC(C)c1ccc(-n2ccnc2)cc1. The van der Waals surface area contributed by atoms with Gasteiger partial charge in [-0.1, -0.05) is 12.1 Å². The number of hydrogen-bond donors (Lipinski definition) is 1. The quantitative estimate of drug-likeness (QED) is 0.792. The predicted octanol–water partition coefficient (Wildman–Crippen LogP) is 3.60. The minimum absolute atomic E-state index is 0.242. The molecule has 1 unspecified atom stereocenters. The van der Waals surface area contributed by atoms with Gasteiger partial charge in [0.05, 0.1) is 12.4 Å². The van der Waals surface area contributed by atoms with Crippen molar-refractivity contribution in [3.05, 3.63) is 72.1 Å². The van der Waals surface area contributed by atoms with E-state index in [4.69, 9.17) is 0 Å². The maximum absolute atomic E-state index is 4.07. The van der Waals surface area contributed by atoms with Crippen LogP contribution in [0.2, 0.25) is 0 Å². The molecule has 0 aliphatic rings. The number of benzene rings is 1. The summed E-state index contributed by atoms with van der Waals surface area (Å²) >= 11 is 0. The van der Waals surface area contributed by atoms with Crippen LogP contribution in [0.5, 0.6) is 0 Å². The monoisotopic (exact) mass is 280 g/mol. The lowest BCUT2D eigenvalue weighted by Crippen LogP contribution is -2.20. The molecule has 0 aliphatic carbocycles. The van der Waals surface area contributed by atoms with E-state index in [9.17, 15) is 0 Å². The first-order chi connectivity index (χ1) is 10.1. The van der Waals surface area contributed by atoms with E-state index in [0.29, 0.717) is 0 Å². The van der Waals surface area contributed by atoms with Gasteiger partial charge in [-0.3, -0.25) is 4.68 Å². The van der Waals surface area contributed by atoms with Gasteiger partial charge in [0.2, 0.25) is 0 Å². The standard InChI is InChI=1S/C17H20N4/c1-13-4-5-14(2)21(13)19-15(3)16-6-8-17(9-7-16)20-11-10-18-12-20/h4-12,15,19H,1-3H3. The number of nitrogens with one attached hydrogen (secondary N) is 1. The van der Waals surface area contributed by atoms with Crippen LogP contribution in [-0.2, 0) is 0 Å². The predicted molar refractivity (Wildman–Crippen MR) is 85.2 cm³/mol. The van der Waals surface area contributed by atoms with Crippen molar-refractivity contribution in [2.45, 2.75) is 26.8 Å². The molecular formula is C17H20N4. The number of imidazole rings is 1. The number of rotatable bonds is 4. The fourth-order valence-electron chi connectivity index (χ4n) is 2.49. The Morgan fingerprint density at radius 3 is 2.24 bits per heavy atom. The molecule has 1 atom stereocenters. The molecule has 0 fully saturated rings. The van der Waals surface area contributed by atoms with Gasteiger partial charge in [-0.15, -0.1) is 0 Å². The highest BCUT2D eigenvalue weighted by Gasteiger charge is 2.08. The number of hydrogen-bond acceptors (Lipinski definition) is 2. The minimum atomic E-state index is 0.242. The van der Waals surface area contributed by atoms with Crippen LogP contribution in [0.3, 0.4) is 0 Å². The van der Waals surface area contributed by atoms with E-state index in [-0.39, 0.29) is 6.04 Å². The highest BCUT2D eigenvalue weighted by atomic mass is 15.4. The lowest BCUT2D eigenvalue weighted by Gasteiger charge is -2.20. The molecule has 2 aromatic heterocycles. The molecule has 0 radical (unpaired) electrons. The second kappa shape index (κ2) is 5.48. The summed E-state index contributed by atoms with van der Waals surface area (Å²) in [6.07, 6.45) is 5.54. The van der Waals surface area contributed by atoms with E-state index < -0.39 is 0 Å². The summed E-state index contributed by atoms with van der Waals surface area (Å²) in [6.45, 7) is 6.38. The van der Waals surface area contributed by atoms with Crippen LogP contribution in [0.1, 0.15) is 29.9 Å². The average molecular weight is 280 g/mol. The molecule has 108 valence electrons. The van der Waals surface area contributed by atoms with Crippen LogP contribution in [0.4, 0.5) is 0 Å². The van der Waals surface area contributed by atoms with Gasteiger partial charge in [-0.2, -0.15) is 0 Å². The number of aryl methyl sites for hydroxylation is 2. The second-order valence-corrected chi connectivity index (χ2v) is 5.36. The topological polar surface area (TPSA) is 34.8 Å². The normalized spacial score (nSPS) is 12.3. The smallest absolute Gasteiger partial charge is 0.0991 e. The first-order valence-electron chi connectivity index (χ1n) is 7.15. The number of nitrogens with zero attached hydrogens (tertiary/aromatic N) is 3. The van der Waals surface area contributed by atoms with Gasteiger partial charge < -0.3 is 9.99 Å². The van der Waals surface area contributed by atoms with Gasteiger partial charge in [0.1, 0.15) is 0 Å². The molecule has 1 aromatic carbocycles. The summed E-state index contributed by atoms with van der Waals surface area (Å²) < 4.78 is 4.14. The van der Waals surface area contributed by atoms with Crippen LogP contribution < -0.4 is 5.43 Å². The van der Waals surface area contributed by atoms with E-state index in [0.717, 1.165) is 5.69 Å². The van der Waals surface area contributed by atoms with E-state index >= 15 is 0 Å². The van der Waals surface area contributed by atoms with Crippen LogP contribution in [0.25, 0.3) is 5.69 Å². The highest BCUT2D eigenvalue weighted by Crippen LogP contribution is 2.18. The Balaban J connectivity index is 1.78. The van der Waals surface area contributed by atoms with Gasteiger partial charge in [0.25, 0.3) is 0 Å². The van der Waals surface area contributed by atoms with E-state index in [1.165, 1.54) is 17.0 Å². The zero-order valence-corrected chi connectivity index (χ0v) is 12.6. The fourth-order valence-corrected chi connectivity index (χ4v) is 2.49. The van der Waals surface area contributed by atoms with Crippen molar-refractivity contribution in [2.75, 3.05) is 5.43 Å². The van der Waals surface area contributed by atoms with Crippen molar-refractivity contribution in [3.63, 3.8) is 0 Å². The summed E-state index contributed by atoms with van der Waals surface area (Å²) in [5, 5.41) is 0. The van der Waals surface area contributed by atoms with E-state index in [2.05, 4.69) is 72.3 Å². The Kier molecular flexibility index (Phi) is 3.52. The van der Waals surface area contributed by atoms with Crippen molar-refractivity contribution < 1.29 is 0 Å². The molecule has 2 heterocycles. The van der Waals surface area contributed by atoms with Crippen LogP contribution in [0.15, 0.2) is 55.1 Å². The molecular weight excluding hydrogens is 260 g/mol. The molecule has 4 heteroatoms. The minimum Gasteiger partial charge on any atom is -0.319 e. The molecule has 3 rings (SSSR count). The summed E-state index contributed by atoms with van der Waals surface area (Å²) in [4.78, 5) is 4.07. The lowest BCUT2D eigenvalue weighted by molar-refractivity contribution is 0.699. The van der Waals surface area contributed by atoms with Crippen molar-refractivity contribution in [1.82, 2.24) is 14.2 Å². The van der Waals surface area contributed by atoms with Crippen LogP contribution in [0, 0.1) is 13.8 Å². The summed E-state index contributed by atoms with van der Waals surface area (Å²) in [5.74, 6) is 0. The Bertz CT molecular complexity index is 688. The molecule has 3 aromatic rings. The summed E-state index contributed by atoms with van der Waals surface area (Å²) in [7, 11) is 0. The maximum atomic E-state index is 4.07. The fraction of sp³-hybridized carbons (Fsp3) is 0.235. The molecule has 0 saturated heterocycles. The van der Waals surface area contributed by atoms with Crippen LogP contribution in [-0.4, -0.2) is 14.2 Å².